The maximum atomic E-state index is 10.8. The number of nitro benzene ring substituents is 1. The van der Waals surface area contributed by atoms with Crippen LogP contribution >= 0.6 is 24.0 Å². The molecule has 152 valence electrons. The molecule has 0 atom stereocenters. The van der Waals surface area contributed by atoms with Crippen LogP contribution in [0.5, 0.6) is 5.75 Å². The van der Waals surface area contributed by atoms with Crippen LogP contribution in [0.25, 0.3) is 0 Å². The van der Waals surface area contributed by atoms with E-state index in [2.05, 4.69) is 27.8 Å². The summed E-state index contributed by atoms with van der Waals surface area (Å²) < 4.78 is 5.16. The number of unbranched alkanes of at least 4 members (excludes halogenated alkanes) is 1. The van der Waals surface area contributed by atoms with Crippen LogP contribution in [0.2, 0.25) is 0 Å². The third-order valence-corrected chi connectivity index (χ3v) is 4.15. The Hall–Kier alpha value is -2.36. The fourth-order valence-electron chi connectivity index (χ4n) is 2.64. The third-order valence-electron chi connectivity index (χ3n) is 4.15. The zero-order chi connectivity index (χ0) is 19.5. The predicted octanol–water partition coefficient (Wildman–Crippen LogP) is 3.91. The minimum absolute atomic E-state index is 0. The van der Waals surface area contributed by atoms with Gasteiger partial charge in [-0.3, -0.25) is 15.1 Å². The van der Waals surface area contributed by atoms with E-state index in [1.54, 1.807) is 26.3 Å². The summed E-state index contributed by atoms with van der Waals surface area (Å²) in [5.41, 5.74) is 2.23. The quantitative estimate of drug-likeness (QED) is 0.137. The Kier molecular flexibility index (Phi) is 10.9. The number of aliphatic imine (C=N–C) groups is 1. The van der Waals surface area contributed by atoms with E-state index >= 15 is 0 Å². The van der Waals surface area contributed by atoms with E-state index in [0.717, 1.165) is 37.1 Å². The molecule has 0 aliphatic heterocycles. The molecule has 0 amide bonds. The van der Waals surface area contributed by atoms with Gasteiger partial charge in [-0.25, -0.2) is 0 Å². The second kappa shape index (κ2) is 12.9. The van der Waals surface area contributed by atoms with E-state index in [-0.39, 0.29) is 34.6 Å². The zero-order valence-corrected chi connectivity index (χ0v) is 18.5. The number of halogens is 1. The first-order chi connectivity index (χ1) is 13.1. The van der Waals surface area contributed by atoms with E-state index in [1.165, 1.54) is 11.6 Å². The minimum Gasteiger partial charge on any atom is -0.497 e. The molecule has 0 radical (unpaired) electrons. The second-order valence-electron chi connectivity index (χ2n) is 6.08. The molecule has 0 aliphatic rings. The van der Waals surface area contributed by atoms with Gasteiger partial charge in [-0.1, -0.05) is 24.3 Å². The normalized spacial score (nSPS) is 10.7. The topological polar surface area (TPSA) is 88.8 Å². The van der Waals surface area contributed by atoms with Crippen molar-refractivity contribution in [3.8, 4) is 5.75 Å². The van der Waals surface area contributed by atoms with Crippen LogP contribution in [0.4, 0.5) is 5.69 Å². The highest BCUT2D eigenvalue weighted by Crippen LogP contribution is 2.13. The molecule has 0 bridgehead atoms. The Labute approximate surface area is 182 Å². The molecule has 2 aromatic rings. The fraction of sp³-hybridized carbons (Fsp3) is 0.350. The van der Waals surface area contributed by atoms with E-state index in [0.29, 0.717) is 12.5 Å². The lowest BCUT2D eigenvalue weighted by atomic mass is 10.1. The Morgan fingerprint density at radius 3 is 2.50 bits per heavy atom. The summed E-state index contributed by atoms with van der Waals surface area (Å²) in [7, 11) is 3.38. The molecule has 28 heavy (non-hydrogen) atoms. The van der Waals surface area contributed by atoms with Gasteiger partial charge in [0.2, 0.25) is 0 Å². The Morgan fingerprint density at radius 1 is 1.11 bits per heavy atom. The van der Waals surface area contributed by atoms with Gasteiger partial charge in [0, 0.05) is 32.3 Å². The highest BCUT2D eigenvalue weighted by molar-refractivity contribution is 14.0. The summed E-state index contributed by atoms with van der Waals surface area (Å²) in [6.45, 7) is 1.29. The molecule has 0 saturated carbocycles. The molecule has 0 heterocycles. The number of guanidine groups is 1. The molecule has 0 aliphatic carbocycles. The fourth-order valence-corrected chi connectivity index (χ4v) is 2.64. The molecule has 7 nitrogen and oxygen atoms in total. The first kappa shape index (κ1) is 23.7. The SMILES string of the molecule is CN=C(NCCCCc1ccc(OC)cc1)NCc1cccc([N+](=O)[O-])c1.I. The Bertz CT molecular complexity index is 766. The van der Waals surface area contributed by atoms with Crippen molar-refractivity contribution < 1.29 is 9.66 Å². The van der Waals surface area contributed by atoms with Crippen molar-refractivity contribution in [2.45, 2.75) is 25.8 Å². The van der Waals surface area contributed by atoms with Crippen LogP contribution < -0.4 is 15.4 Å². The van der Waals surface area contributed by atoms with Crippen molar-refractivity contribution in [3.05, 3.63) is 69.8 Å². The van der Waals surface area contributed by atoms with Crippen LogP contribution in [0.15, 0.2) is 53.5 Å². The minimum atomic E-state index is -0.389. The van der Waals surface area contributed by atoms with Crippen molar-refractivity contribution in [2.75, 3.05) is 20.7 Å². The first-order valence-electron chi connectivity index (χ1n) is 8.93. The van der Waals surface area contributed by atoms with Gasteiger partial charge in [-0.15, -0.1) is 24.0 Å². The summed E-state index contributed by atoms with van der Waals surface area (Å²) in [5.74, 6) is 1.56. The number of non-ortho nitro benzene ring substituents is 1. The highest BCUT2D eigenvalue weighted by Gasteiger charge is 2.06. The van der Waals surface area contributed by atoms with E-state index in [1.807, 2.05) is 18.2 Å². The van der Waals surface area contributed by atoms with Crippen LogP contribution in [0.1, 0.15) is 24.0 Å². The van der Waals surface area contributed by atoms with Gasteiger partial charge in [0.05, 0.1) is 12.0 Å². The summed E-state index contributed by atoms with van der Waals surface area (Å²) in [6, 6.07) is 14.7. The first-order valence-corrected chi connectivity index (χ1v) is 8.93. The van der Waals surface area contributed by atoms with Gasteiger partial charge in [0.15, 0.2) is 5.96 Å². The number of ether oxygens (including phenoxy) is 1. The lowest BCUT2D eigenvalue weighted by molar-refractivity contribution is -0.384. The molecule has 0 spiro atoms. The molecule has 2 rings (SSSR count). The van der Waals surface area contributed by atoms with Crippen molar-refractivity contribution >= 4 is 35.6 Å². The van der Waals surface area contributed by atoms with E-state index in [9.17, 15) is 10.1 Å². The summed E-state index contributed by atoms with van der Waals surface area (Å²) in [4.78, 5) is 14.6. The molecule has 0 aromatic heterocycles. The van der Waals surface area contributed by atoms with Crippen molar-refractivity contribution in [1.82, 2.24) is 10.6 Å². The van der Waals surface area contributed by atoms with Crippen LogP contribution in [-0.2, 0) is 13.0 Å². The summed E-state index contributed by atoms with van der Waals surface area (Å²) in [5, 5.41) is 17.3. The zero-order valence-electron chi connectivity index (χ0n) is 16.2. The molecule has 8 heteroatoms. The lowest BCUT2D eigenvalue weighted by Crippen LogP contribution is -2.37. The van der Waals surface area contributed by atoms with Gasteiger partial charge < -0.3 is 15.4 Å². The van der Waals surface area contributed by atoms with Crippen molar-refractivity contribution in [2.24, 2.45) is 4.99 Å². The van der Waals surface area contributed by atoms with Crippen molar-refractivity contribution in [3.63, 3.8) is 0 Å². The number of benzene rings is 2. The van der Waals surface area contributed by atoms with Gasteiger partial charge >= 0.3 is 0 Å². The van der Waals surface area contributed by atoms with Crippen molar-refractivity contribution in [1.29, 1.82) is 0 Å². The van der Waals surface area contributed by atoms with Crippen LogP contribution in [0.3, 0.4) is 0 Å². The average Bonchev–Trinajstić information content (AvgIpc) is 2.70. The molecular formula is C20H27IN4O3. The number of nitro groups is 1. The van der Waals surface area contributed by atoms with Crippen LogP contribution in [0, 0.1) is 10.1 Å². The summed E-state index contributed by atoms with van der Waals surface area (Å²) >= 11 is 0. The number of aryl methyl sites for hydroxylation is 1. The molecule has 0 unspecified atom stereocenters. The number of rotatable bonds is 9. The molecule has 2 N–H and O–H groups in total. The van der Waals surface area contributed by atoms with Gasteiger partial charge in [-0.05, 0) is 42.5 Å². The summed E-state index contributed by atoms with van der Waals surface area (Å²) in [6.07, 6.45) is 3.11. The van der Waals surface area contributed by atoms with Gasteiger partial charge in [0.1, 0.15) is 5.75 Å². The maximum absolute atomic E-state index is 10.8. The van der Waals surface area contributed by atoms with Gasteiger partial charge in [0.25, 0.3) is 5.69 Å². The third kappa shape index (κ3) is 8.12. The van der Waals surface area contributed by atoms with Gasteiger partial charge in [-0.2, -0.15) is 0 Å². The maximum Gasteiger partial charge on any atom is 0.269 e. The standard InChI is InChI=1S/C20H26N4O3.HI/c1-21-20(23-15-17-7-5-8-18(14-17)24(25)26)22-13-4-3-6-16-9-11-19(27-2)12-10-16;/h5,7-12,14H,3-4,6,13,15H2,1-2H3,(H2,21,22,23);1H. The number of hydrogen-bond donors (Lipinski definition) is 2. The monoisotopic (exact) mass is 498 g/mol. The number of nitrogens with one attached hydrogen (secondary N) is 2. The Balaban J connectivity index is 0.00000392. The number of nitrogens with zero attached hydrogens (tertiary/aromatic N) is 2. The van der Waals surface area contributed by atoms with E-state index in [4.69, 9.17) is 4.74 Å². The second-order valence-corrected chi connectivity index (χ2v) is 6.08. The lowest BCUT2D eigenvalue weighted by Gasteiger charge is -2.12. The van der Waals surface area contributed by atoms with E-state index < -0.39 is 0 Å². The number of methoxy groups -OCH3 is 1. The average molecular weight is 498 g/mol. The predicted molar refractivity (Wildman–Crippen MR) is 123 cm³/mol. The molecule has 2 aromatic carbocycles. The number of hydrogen-bond acceptors (Lipinski definition) is 4. The largest absolute Gasteiger partial charge is 0.497 e. The highest BCUT2D eigenvalue weighted by atomic mass is 127. The molecular weight excluding hydrogens is 471 g/mol. The molecule has 0 fully saturated rings. The molecule has 0 saturated heterocycles. The van der Waals surface area contributed by atoms with Crippen LogP contribution in [-0.4, -0.2) is 31.6 Å². The smallest absolute Gasteiger partial charge is 0.269 e. The Morgan fingerprint density at radius 2 is 1.86 bits per heavy atom.